The second-order valence-electron chi connectivity index (χ2n) is 5.01. The summed E-state index contributed by atoms with van der Waals surface area (Å²) < 4.78 is 0. The van der Waals surface area contributed by atoms with Crippen molar-refractivity contribution in [1.82, 2.24) is 15.3 Å². The zero-order valence-electron chi connectivity index (χ0n) is 10.2. The lowest BCUT2D eigenvalue weighted by atomic mass is 10.0. The predicted octanol–water partition coefficient (Wildman–Crippen LogP) is 0.277. The van der Waals surface area contributed by atoms with Gasteiger partial charge in [0.1, 0.15) is 5.82 Å². The molecule has 2 fully saturated rings. The maximum Gasteiger partial charge on any atom is 0.222 e. The van der Waals surface area contributed by atoms with E-state index in [9.17, 15) is 0 Å². The van der Waals surface area contributed by atoms with Crippen molar-refractivity contribution in [3.63, 3.8) is 0 Å². The first-order valence-electron chi connectivity index (χ1n) is 6.35. The van der Waals surface area contributed by atoms with Crippen LogP contribution in [-0.2, 0) is 6.42 Å². The average Bonchev–Trinajstić information content (AvgIpc) is 2.88. The van der Waals surface area contributed by atoms with Gasteiger partial charge in [-0.1, -0.05) is 6.92 Å². The van der Waals surface area contributed by atoms with Crippen LogP contribution in [0.2, 0.25) is 0 Å². The van der Waals surface area contributed by atoms with Crippen molar-refractivity contribution in [2.45, 2.75) is 13.3 Å². The van der Waals surface area contributed by atoms with E-state index < -0.39 is 0 Å². The maximum atomic E-state index is 5.76. The minimum atomic E-state index is 0.398. The van der Waals surface area contributed by atoms with E-state index in [1.54, 1.807) is 0 Å². The van der Waals surface area contributed by atoms with Crippen LogP contribution in [0.4, 0.5) is 11.8 Å². The van der Waals surface area contributed by atoms with Crippen molar-refractivity contribution in [3.05, 3.63) is 11.8 Å². The molecule has 3 N–H and O–H groups in total. The van der Waals surface area contributed by atoms with Gasteiger partial charge in [-0.15, -0.1) is 0 Å². The first-order chi connectivity index (χ1) is 8.26. The number of aromatic nitrogens is 2. The van der Waals surface area contributed by atoms with Gasteiger partial charge in [-0.25, -0.2) is 4.98 Å². The number of anilines is 2. The fourth-order valence-corrected chi connectivity index (χ4v) is 2.89. The van der Waals surface area contributed by atoms with Crippen molar-refractivity contribution < 1.29 is 0 Å². The van der Waals surface area contributed by atoms with Gasteiger partial charge in [-0.05, 0) is 18.3 Å². The lowest BCUT2D eigenvalue weighted by Crippen LogP contribution is -2.26. The quantitative estimate of drug-likeness (QED) is 0.768. The molecule has 92 valence electrons. The van der Waals surface area contributed by atoms with E-state index in [2.05, 4.69) is 33.2 Å². The van der Waals surface area contributed by atoms with Crippen LogP contribution in [0, 0.1) is 11.8 Å². The Morgan fingerprint density at radius 3 is 2.71 bits per heavy atom. The van der Waals surface area contributed by atoms with Crippen LogP contribution in [0.1, 0.15) is 12.6 Å². The molecule has 0 spiro atoms. The third-order valence-electron chi connectivity index (χ3n) is 3.86. The highest BCUT2D eigenvalue weighted by Crippen LogP contribution is 2.29. The fraction of sp³-hybridized carbons (Fsp3) is 0.667. The molecule has 0 aliphatic carbocycles. The molecule has 0 unspecified atom stereocenters. The molecule has 1 aromatic rings. The summed E-state index contributed by atoms with van der Waals surface area (Å²) >= 11 is 0. The Kier molecular flexibility index (Phi) is 2.63. The third-order valence-corrected chi connectivity index (χ3v) is 3.86. The summed E-state index contributed by atoms with van der Waals surface area (Å²) in [5.74, 6) is 2.95. The molecule has 5 nitrogen and oxygen atoms in total. The van der Waals surface area contributed by atoms with E-state index >= 15 is 0 Å². The molecule has 3 rings (SSSR count). The Hall–Kier alpha value is -1.36. The van der Waals surface area contributed by atoms with Gasteiger partial charge in [-0.3, -0.25) is 0 Å². The number of nitrogens with one attached hydrogen (secondary N) is 1. The minimum Gasteiger partial charge on any atom is -0.368 e. The number of nitrogens with two attached hydrogens (primary N) is 1. The summed E-state index contributed by atoms with van der Waals surface area (Å²) in [6.07, 6.45) is 0.905. The van der Waals surface area contributed by atoms with Gasteiger partial charge in [0.05, 0.1) is 0 Å². The zero-order chi connectivity index (χ0) is 11.8. The molecule has 0 amide bonds. The smallest absolute Gasteiger partial charge is 0.222 e. The highest BCUT2D eigenvalue weighted by atomic mass is 15.2. The molecule has 0 aromatic carbocycles. The van der Waals surface area contributed by atoms with Gasteiger partial charge in [-0.2, -0.15) is 4.98 Å². The van der Waals surface area contributed by atoms with Crippen molar-refractivity contribution in [3.8, 4) is 0 Å². The molecule has 0 radical (unpaired) electrons. The number of aryl methyl sites for hydroxylation is 1. The monoisotopic (exact) mass is 233 g/mol. The average molecular weight is 233 g/mol. The van der Waals surface area contributed by atoms with Crippen molar-refractivity contribution >= 4 is 11.8 Å². The van der Waals surface area contributed by atoms with Gasteiger partial charge in [0.15, 0.2) is 0 Å². The number of rotatable bonds is 2. The molecule has 5 heteroatoms. The van der Waals surface area contributed by atoms with Crippen LogP contribution in [0.25, 0.3) is 0 Å². The van der Waals surface area contributed by atoms with E-state index in [1.807, 2.05) is 0 Å². The summed E-state index contributed by atoms with van der Waals surface area (Å²) in [5.41, 5.74) is 6.79. The molecule has 17 heavy (non-hydrogen) atoms. The molecular formula is C12H19N5. The Bertz CT molecular complexity index is 407. The molecular weight excluding hydrogens is 214 g/mol. The highest BCUT2D eigenvalue weighted by Gasteiger charge is 2.36. The predicted molar refractivity (Wildman–Crippen MR) is 67.9 cm³/mol. The summed E-state index contributed by atoms with van der Waals surface area (Å²) in [7, 11) is 0. The van der Waals surface area contributed by atoms with Gasteiger partial charge < -0.3 is 16.0 Å². The van der Waals surface area contributed by atoms with Crippen molar-refractivity contribution in [2.24, 2.45) is 11.8 Å². The van der Waals surface area contributed by atoms with Crippen molar-refractivity contribution in [1.29, 1.82) is 0 Å². The minimum absolute atomic E-state index is 0.398. The third kappa shape index (κ3) is 1.95. The highest BCUT2D eigenvalue weighted by molar-refractivity contribution is 5.45. The number of hydrogen-bond acceptors (Lipinski definition) is 5. The van der Waals surface area contributed by atoms with E-state index in [0.717, 1.165) is 55.9 Å². The first-order valence-corrected chi connectivity index (χ1v) is 6.35. The number of nitrogens with zero attached hydrogens (tertiary/aromatic N) is 3. The molecule has 3 heterocycles. The summed E-state index contributed by atoms with van der Waals surface area (Å²) in [6.45, 7) is 6.56. The molecule has 0 saturated carbocycles. The topological polar surface area (TPSA) is 67.1 Å². The van der Waals surface area contributed by atoms with Crippen LogP contribution >= 0.6 is 0 Å². The van der Waals surface area contributed by atoms with Gasteiger partial charge in [0.25, 0.3) is 0 Å². The van der Waals surface area contributed by atoms with E-state index in [1.165, 1.54) is 0 Å². The van der Waals surface area contributed by atoms with Crippen LogP contribution < -0.4 is 16.0 Å². The van der Waals surface area contributed by atoms with Crippen LogP contribution in [0.5, 0.6) is 0 Å². The molecule has 0 bridgehead atoms. The van der Waals surface area contributed by atoms with Crippen LogP contribution in [-0.4, -0.2) is 36.1 Å². The van der Waals surface area contributed by atoms with Crippen molar-refractivity contribution in [2.75, 3.05) is 36.8 Å². The standard InChI is InChI=1S/C12H19N5/c1-2-10-3-11(16-12(13)15-10)17-6-8-4-14-5-9(8)7-17/h3,8-9,14H,2,4-7H2,1H3,(H2,13,15,16)/t8-,9+. The Balaban J connectivity index is 1.82. The molecule has 1 aromatic heterocycles. The number of nitrogen functional groups attached to an aromatic ring is 1. The molecule has 2 saturated heterocycles. The van der Waals surface area contributed by atoms with E-state index in [0.29, 0.717) is 5.95 Å². The fourth-order valence-electron chi connectivity index (χ4n) is 2.89. The lowest BCUT2D eigenvalue weighted by Gasteiger charge is -2.19. The normalized spacial score (nSPS) is 27.5. The van der Waals surface area contributed by atoms with Gasteiger partial charge in [0.2, 0.25) is 5.95 Å². The molecule has 2 aliphatic rings. The SMILES string of the molecule is CCc1cc(N2C[C@H]3CNC[C@H]3C2)nc(N)n1. The second-order valence-corrected chi connectivity index (χ2v) is 5.01. The second kappa shape index (κ2) is 4.14. The van der Waals surface area contributed by atoms with Gasteiger partial charge in [0, 0.05) is 37.9 Å². The first kappa shape index (κ1) is 10.8. The van der Waals surface area contributed by atoms with E-state index in [-0.39, 0.29) is 0 Å². The molecule has 2 atom stereocenters. The maximum absolute atomic E-state index is 5.76. The Morgan fingerprint density at radius 2 is 2.06 bits per heavy atom. The van der Waals surface area contributed by atoms with E-state index in [4.69, 9.17) is 5.73 Å². The number of fused-ring (bicyclic) bond motifs is 1. The zero-order valence-corrected chi connectivity index (χ0v) is 10.2. The largest absolute Gasteiger partial charge is 0.368 e. The Morgan fingerprint density at radius 1 is 1.35 bits per heavy atom. The van der Waals surface area contributed by atoms with Gasteiger partial charge >= 0.3 is 0 Å². The summed E-state index contributed by atoms with van der Waals surface area (Å²) in [5, 5.41) is 3.45. The summed E-state index contributed by atoms with van der Waals surface area (Å²) in [4.78, 5) is 10.9. The van der Waals surface area contributed by atoms with Crippen LogP contribution in [0.3, 0.4) is 0 Å². The lowest BCUT2D eigenvalue weighted by molar-refractivity contribution is 0.533. The summed E-state index contributed by atoms with van der Waals surface area (Å²) in [6, 6.07) is 2.07. The number of hydrogen-bond donors (Lipinski definition) is 2. The molecule has 2 aliphatic heterocycles. The van der Waals surface area contributed by atoms with Crippen LogP contribution in [0.15, 0.2) is 6.07 Å². The Labute approximate surface area is 101 Å².